The highest BCUT2D eigenvalue weighted by Gasteiger charge is 2.30. The van der Waals surface area contributed by atoms with Crippen LogP contribution < -0.4 is 0 Å². The topological polar surface area (TPSA) is 237 Å². The average Bonchev–Trinajstić information content (AvgIpc) is 3.58. The second-order valence-electron chi connectivity index (χ2n) is 26.3. The van der Waals surface area contributed by atoms with Gasteiger partial charge in [0.05, 0.1) is 26.4 Å². The van der Waals surface area contributed by atoms with E-state index in [2.05, 4.69) is 48.5 Å². The largest absolute Gasteiger partial charge is 0.472 e. The number of aliphatic hydroxyl groups is 1. The molecule has 0 aliphatic heterocycles. The number of carbonyl (C=O) groups excluding carboxylic acids is 4. The molecule has 0 spiro atoms. The molecule has 19 heteroatoms. The van der Waals surface area contributed by atoms with E-state index in [9.17, 15) is 43.2 Å². The van der Waals surface area contributed by atoms with Crippen LogP contribution in [-0.4, -0.2) is 96.7 Å². The van der Waals surface area contributed by atoms with Gasteiger partial charge in [0.15, 0.2) is 12.2 Å². The second kappa shape index (κ2) is 60.0. The first kappa shape index (κ1) is 86.1. The summed E-state index contributed by atoms with van der Waals surface area (Å²) in [5, 5.41) is 10.6. The van der Waals surface area contributed by atoms with Gasteiger partial charge in [0.25, 0.3) is 0 Å². The number of phosphoric ester groups is 2. The normalized spacial score (nSPS) is 14.2. The molecule has 5 atom stereocenters. The van der Waals surface area contributed by atoms with Crippen molar-refractivity contribution in [2.45, 2.75) is 362 Å². The number of phosphoric acid groups is 2. The summed E-state index contributed by atoms with van der Waals surface area (Å²) < 4.78 is 68.2. The first-order valence-electron chi connectivity index (χ1n) is 35.8. The number of aliphatic hydroxyl groups excluding tert-OH is 1. The van der Waals surface area contributed by atoms with Crippen molar-refractivity contribution in [3.8, 4) is 0 Å². The molecule has 0 bridgehead atoms. The molecule has 0 aliphatic rings. The monoisotopic (exact) mass is 1300 g/mol. The maximum absolute atomic E-state index is 13.0. The van der Waals surface area contributed by atoms with Crippen LogP contribution in [0.4, 0.5) is 0 Å². The Morgan fingerprint density at radius 3 is 0.773 bits per heavy atom. The molecule has 0 saturated heterocycles. The third-order valence-electron chi connectivity index (χ3n) is 15.9. The highest BCUT2D eigenvalue weighted by Crippen LogP contribution is 2.45. The number of ether oxygens (including phenoxy) is 4. The smallest absolute Gasteiger partial charge is 0.462 e. The summed E-state index contributed by atoms with van der Waals surface area (Å²) in [6.07, 6.45) is 43.1. The zero-order chi connectivity index (χ0) is 65.2. The van der Waals surface area contributed by atoms with Gasteiger partial charge in [-0.2, -0.15) is 0 Å². The highest BCUT2D eigenvalue weighted by atomic mass is 31.2. The van der Waals surface area contributed by atoms with E-state index in [1.165, 1.54) is 148 Å². The van der Waals surface area contributed by atoms with Crippen molar-refractivity contribution in [1.29, 1.82) is 0 Å². The fourth-order valence-electron chi connectivity index (χ4n) is 10.4. The van der Waals surface area contributed by atoms with Crippen molar-refractivity contribution in [2.24, 2.45) is 17.8 Å². The fraction of sp³-hybridized carbons (Fsp3) is 0.942. The zero-order valence-electron chi connectivity index (χ0n) is 57.2. The van der Waals surface area contributed by atoms with Crippen LogP contribution in [0.15, 0.2) is 0 Å². The molecule has 0 heterocycles. The summed E-state index contributed by atoms with van der Waals surface area (Å²) in [5.74, 6) is 0.0652. The number of hydrogen-bond acceptors (Lipinski definition) is 15. The van der Waals surface area contributed by atoms with Crippen molar-refractivity contribution >= 4 is 39.5 Å². The molecule has 0 aromatic rings. The minimum atomic E-state index is -4.95. The molecule has 0 radical (unpaired) electrons. The van der Waals surface area contributed by atoms with Crippen molar-refractivity contribution in [1.82, 2.24) is 0 Å². The van der Waals surface area contributed by atoms with Crippen LogP contribution in [0.2, 0.25) is 0 Å². The van der Waals surface area contributed by atoms with Crippen LogP contribution in [0.3, 0.4) is 0 Å². The SMILES string of the molecule is CCCCCCCCCCCCCCCC(=O)OC[C@H](COP(=O)(O)OC[C@@H](O)COP(=O)(O)OC[C@@H](COC(=O)CCCCCCCCCC(C)C)OC(=O)CCCCCCCCCCCC(C)C)OC(=O)CCCCCCCCCCCCC(C)C. The number of unbranched alkanes of at least 4 members (excludes halogenated alkanes) is 35. The average molecular weight is 1300 g/mol. The molecule has 0 aliphatic carbocycles. The molecule has 0 fully saturated rings. The summed E-state index contributed by atoms with van der Waals surface area (Å²) in [6, 6.07) is 0. The minimum absolute atomic E-state index is 0.104. The molecule has 17 nitrogen and oxygen atoms in total. The van der Waals surface area contributed by atoms with Crippen molar-refractivity contribution in [3.05, 3.63) is 0 Å². The number of rotatable bonds is 67. The predicted molar refractivity (Wildman–Crippen MR) is 354 cm³/mol. The number of hydrogen-bond donors (Lipinski definition) is 3. The zero-order valence-corrected chi connectivity index (χ0v) is 59.0. The van der Waals surface area contributed by atoms with E-state index in [4.69, 9.17) is 37.0 Å². The van der Waals surface area contributed by atoms with Crippen LogP contribution in [0, 0.1) is 17.8 Å². The van der Waals surface area contributed by atoms with E-state index in [1.54, 1.807) is 0 Å². The van der Waals surface area contributed by atoms with Crippen LogP contribution >= 0.6 is 15.6 Å². The summed E-state index contributed by atoms with van der Waals surface area (Å²) in [5.41, 5.74) is 0. The Hall–Kier alpha value is -1.94. The molecule has 0 aromatic heterocycles. The minimum Gasteiger partial charge on any atom is -0.462 e. The van der Waals surface area contributed by atoms with Gasteiger partial charge in [-0.05, 0) is 43.4 Å². The van der Waals surface area contributed by atoms with Crippen LogP contribution in [0.5, 0.6) is 0 Å². The molecule has 3 N–H and O–H groups in total. The first-order chi connectivity index (χ1) is 42.2. The predicted octanol–water partition coefficient (Wildman–Crippen LogP) is 19.5. The third-order valence-corrected chi connectivity index (χ3v) is 17.8. The molecule has 88 heavy (non-hydrogen) atoms. The van der Waals surface area contributed by atoms with Gasteiger partial charge < -0.3 is 33.8 Å². The molecule has 0 amide bonds. The summed E-state index contributed by atoms with van der Waals surface area (Å²) in [6.45, 7) is 11.8. The van der Waals surface area contributed by atoms with Gasteiger partial charge >= 0.3 is 39.5 Å². The fourth-order valence-corrected chi connectivity index (χ4v) is 11.9. The van der Waals surface area contributed by atoms with Gasteiger partial charge in [-0.3, -0.25) is 37.3 Å². The van der Waals surface area contributed by atoms with E-state index < -0.39 is 97.5 Å². The maximum Gasteiger partial charge on any atom is 0.472 e. The summed E-state index contributed by atoms with van der Waals surface area (Å²) in [4.78, 5) is 72.5. The van der Waals surface area contributed by atoms with E-state index in [1.807, 2.05) is 0 Å². The third kappa shape index (κ3) is 62.8. The van der Waals surface area contributed by atoms with Gasteiger partial charge in [-0.1, -0.05) is 292 Å². The molecule has 0 rings (SSSR count). The van der Waals surface area contributed by atoms with Crippen molar-refractivity contribution < 1.29 is 80.2 Å². The lowest BCUT2D eigenvalue weighted by Crippen LogP contribution is -2.30. The molecule has 0 saturated carbocycles. The molecule has 2 unspecified atom stereocenters. The number of carbonyl (C=O) groups is 4. The van der Waals surface area contributed by atoms with Crippen molar-refractivity contribution in [2.75, 3.05) is 39.6 Å². The highest BCUT2D eigenvalue weighted by molar-refractivity contribution is 7.47. The van der Waals surface area contributed by atoms with E-state index in [-0.39, 0.29) is 25.7 Å². The van der Waals surface area contributed by atoms with Gasteiger partial charge in [0.1, 0.15) is 19.3 Å². The lowest BCUT2D eigenvalue weighted by atomic mass is 10.0. The van der Waals surface area contributed by atoms with E-state index >= 15 is 0 Å². The number of esters is 4. The lowest BCUT2D eigenvalue weighted by Gasteiger charge is -2.21. The van der Waals surface area contributed by atoms with Gasteiger partial charge in [-0.15, -0.1) is 0 Å². The Balaban J connectivity index is 5.26. The van der Waals surface area contributed by atoms with E-state index in [0.717, 1.165) is 108 Å². The van der Waals surface area contributed by atoms with Gasteiger partial charge in [-0.25, -0.2) is 9.13 Å². The summed E-state index contributed by atoms with van der Waals surface area (Å²) >= 11 is 0. The Bertz CT molecular complexity index is 1730. The van der Waals surface area contributed by atoms with Gasteiger partial charge in [0.2, 0.25) is 0 Å². The molecule has 522 valence electrons. The Labute approximate surface area is 537 Å². The Morgan fingerprint density at radius 2 is 0.523 bits per heavy atom. The maximum atomic E-state index is 13.0. The standard InChI is InChI=1S/C69H134O17P2/c1-8-9-10-11-12-13-14-15-16-22-29-36-43-50-66(71)79-56-64(85-68(73)52-45-38-30-23-18-17-20-26-33-40-47-60(2)3)58-83-87(75,76)81-54-63(70)55-82-88(77,78)84-59-65(57-80-67(72)51-44-37-32-25-28-35-42-49-62(6)7)86-69(74)53-46-39-31-24-19-21-27-34-41-48-61(4)5/h60-65,70H,8-59H2,1-7H3,(H,75,76)(H,77,78)/t63-,64-,65-/m1/s1. The molecule has 0 aromatic carbocycles. The second-order valence-corrected chi connectivity index (χ2v) is 29.3. The quantitative estimate of drug-likeness (QED) is 0.0222. The lowest BCUT2D eigenvalue weighted by molar-refractivity contribution is -0.161. The van der Waals surface area contributed by atoms with Crippen LogP contribution in [-0.2, 0) is 65.4 Å². The van der Waals surface area contributed by atoms with Crippen LogP contribution in [0.1, 0.15) is 344 Å². The van der Waals surface area contributed by atoms with Crippen LogP contribution in [0.25, 0.3) is 0 Å². The Morgan fingerprint density at radius 1 is 0.307 bits per heavy atom. The summed E-state index contributed by atoms with van der Waals surface area (Å²) in [7, 11) is -9.90. The first-order valence-corrected chi connectivity index (χ1v) is 38.8. The van der Waals surface area contributed by atoms with Crippen molar-refractivity contribution in [3.63, 3.8) is 0 Å². The molecular formula is C69H134O17P2. The Kier molecular flexibility index (Phi) is 58.7. The van der Waals surface area contributed by atoms with E-state index in [0.29, 0.717) is 31.6 Å². The molecular weight excluding hydrogens is 1160 g/mol. The van der Waals surface area contributed by atoms with Gasteiger partial charge in [0, 0.05) is 25.7 Å².